The van der Waals surface area contributed by atoms with E-state index in [2.05, 4.69) is 28.1 Å². The molecule has 1 saturated heterocycles. The van der Waals surface area contributed by atoms with E-state index < -0.39 is 60.2 Å². The van der Waals surface area contributed by atoms with Crippen LogP contribution in [0.3, 0.4) is 0 Å². The maximum Gasteiger partial charge on any atom is 1.00 e. The Morgan fingerprint density at radius 3 is 2.26 bits per heavy atom. The number of aliphatic hydroxyl groups is 2. The summed E-state index contributed by atoms with van der Waals surface area (Å²) in [7, 11) is -17.8. The molecule has 0 amide bonds. The van der Waals surface area contributed by atoms with E-state index in [-0.39, 0.29) is 99.8 Å². The van der Waals surface area contributed by atoms with E-state index in [1.165, 1.54) is 0 Å². The van der Waals surface area contributed by atoms with E-state index >= 15 is 0 Å². The SMILES string of the molecule is O=c1[nH]cnc2c1ncn2C1OC(COP(=O)([O-])OP(=O)([O-])OP(=O)([O-])O)C(O)C1O.[Na+].[Na+].[Na+]. The summed E-state index contributed by atoms with van der Waals surface area (Å²) >= 11 is 0. The molecule has 0 aromatic carbocycles. The first-order valence-electron chi connectivity index (χ1n) is 7.84. The van der Waals surface area contributed by atoms with Crippen LogP contribution >= 0.6 is 23.5 Å². The number of nitrogens with one attached hydrogen (secondary N) is 1. The molecule has 24 heteroatoms. The van der Waals surface area contributed by atoms with Crippen LogP contribution in [0.1, 0.15) is 6.23 Å². The standard InChI is InChI=1S/C10H15N4O14P3.3Na/c15-6-4(1-25-30(21,22)28-31(23,24)27-29(18,19)20)26-10(7(6)16)14-3-13-5-8(14)11-2-12-9(5)17;;;/h2-4,6-7,10,15-16H,1H2,(H,21,22)(H,23,24)(H,11,12,17)(H2,18,19,20);;;/q;3*+1/p-3. The third kappa shape index (κ3) is 9.13. The van der Waals surface area contributed by atoms with Crippen molar-refractivity contribution in [2.45, 2.75) is 24.5 Å². The third-order valence-electron chi connectivity index (χ3n) is 3.78. The van der Waals surface area contributed by atoms with Crippen LogP contribution in [-0.4, -0.2) is 59.5 Å². The van der Waals surface area contributed by atoms with Crippen molar-refractivity contribution in [2.24, 2.45) is 0 Å². The van der Waals surface area contributed by atoms with Gasteiger partial charge in [-0.15, -0.1) is 0 Å². The Morgan fingerprint density at radius 1 is 1.06 bits per heavy atom. The van der Waals surface area contributed by atoms with Crippen molar-refractivity contribution in [3.8, 4) is 0 Å². The number of H-pyrrole nitrogens is 1. The number of aromatic amines is 1. The molecule has 2 aromatic rings. The number of aromatic nitrogens is 4. The Labute approximate surface area is 255 Å². The van der Waals surface area contributed by atoms with Gasteiger partial charge in [-0.05, 0) is 0 Å². The minimum atomic E-state index is -6.09. The third-order valence-corrected chi connectivity index (χ3v) is 7.47. The number of phosphoric acid groups is 3. The minimum absolute atomic E-state index is 0. The molecule has 4 N–H and O–H groups in total. The predicted octanol–water partition coefficient (Wildman–Crippen LogP) is -12.8. The minimum Gasteiger partial charge on any atom is -0.756 e. The Balaban J connectivity index is 0.00000363. The molecule has 34 heavy (non-hydrogen) atoms. The number of aliphatic hydroxyl groups excluding tert-OH is 2. The fraction of sp³-hybridized carbons (Fsp3) is 0.500. The summed E-state index contributed by atoms with van der Waals surface area (Å²) in [6.45, 7) is -1.09. The molecule has 174 valence electrons. The number of fused-ring (bicyclic) bond motifs is 1. The van der Waals surface area contributed by atoms with Gasteiger partial charge < -0.3 is 44.0 Å². The molecule has 0 radical (unpaired) electrons. The molecule has 1 fully saturated rings. The van der Waals surface area contributed by atoms with Gasteiger partial charge in [0.1, 0.15) is 18.3 Å². The van der Waals surface area contributed by atoms with Crippen molar-refractivity contribution >= 4 is 34.6 Å². The topological polar surface area (TPSA) is 282 Å². The first-order chi connectivity index (χ1) is 14.2. The Kier molecular flexibility index (Phi) is 14.3. The summed E-state index contributed by atoms with van der Waals surface area (Å²) in [6, 6.07) is 0. The number of imidazole rings is 1. The number of hydrogen-bond acceptors (Lipinski definition) is 15. The molecule has 2 aromatic heterocycles. The second-order valence-electron chi connectivity index (χ2n) is 5.92. The summed E-state index contributed by atoms with van der Waals surface area (Å²) in [5.41, 5.74) is -0.749. The van der Waals surface area contributed by atoms with Crippen LogP contribution in [0.25, 0.3) is 11.2 Å². The van der Waals surface area contributed by atoms with Gasteiger partial charge in [-0.25, -0.2) is 18.6 Å². The Morgan fingerprint density at radius 2 is 1.68 bits per heavy atom. The predicted molar refractivity (Wildman–Crippen MR) is 87.2 cm³/mol. The summed E-state index contributed by atoms with van der Waals surface area (Å²) in [5, 5.41) is 20.3. The summed E-state index contributed by atoms with van der Waals surface area (Å²) in [4.78, 5) is 63.1. The molecule has 7 unspecified atom stereocenters. The summed E-state index contributed by atoms with van der Waals surface area (Å²) in [5.74, 6) is 0. The van der Waals surface area contributed by atoms with Crippen LogP contribution in [0.4, 0.5) is 0 Å². The average Bonchev–Trinajstić information content (AvgIpc) is 3.13. The second-order valence-corrected chi connectivity index (χ2v) is 10.2. The van der Waals surface area contributed by atoms with E-state index in [4.69, 9.17) is 9.63 Å². The van der Waals surface area contributed by atoms with Crippen LogP contribution in [0.15, 0.2) is 17.4 Å². The Hall–Kier alpha value is 1.64. The van der Waals surface area contributed by atoms with E-state index in [0.29, 0.717) is 0 Å². The van der Waals surface area contributed by atoms with Crippen LogP contribution in [0, 0.1) is 0 Å². The first kappa shape index (κ1) is 35.6. The van der Waals surface area contributed by atoms with Gasteiger partial charge in [-0.2, -0.15) is 0 Å². The van der Waals surface area contributed by atoms with Gasteiger partial charge in [0, 0.05) is 0 Å². The molecule has 1 aliphatic heterocycles. The zero-order valence-electron chi connectivity index (χ0n) is 17.7. The monoisotopic (exact) mass is 574 g/mol. The molecule has 0 bridgehead atoms. The molecule has 0 aliphatic carbocycles. The van der Waals surface area contributed by atoms with Crippen molar-refractivity contribution in [1.82, 2.24) is 19.5 Å². The normalized spacial score (nSPS) is 27.4. The van der Waals surface area contributed by atoms with Crippen LogP contribution in [0.5, 0.6) is 0 Å². The van der Waals surface area contributed by atoms with Crippen LogP contribution < -0.4 is 109 Å². The van der Waals surface area contributed by atoms with Gasteiger partial charge in [0.25, 0.3) is 29.0 Å². The van der Waals surface area contributed by atoms with Crippen molar-refractivity contribution in [3.63, 3.8) is 0 Å². The van der Waals surface area contributed by atoms with E-state index in [1.807, 2.05) is 0 Å². The fourth-order valence-corrected chi connectivity index (χ4v) is 5.49. The molecular formula is C10H12N4Na3O14P3. The summed E-state index contributed by atoms with van der Waals surface area (Å²) in [6.07, 6.45) is -4.31. The van der Waals surface area contributed by atoms with Crippen molar-refractivity contribution in [2.75, 3.05) is 6.61 Å². The van der Waals surface area contributed by atoms with Gasteiger partial charge in [-0.1, -0.05) is 0 Å². The van der Waals surface area contributed by atoms with Crippen LogP contribution in [0.2, 0.25) is 0 Å². The largest absolute Gasteiger partial charge is 1.00 e. The zero-order valence-corrected chi connectivity index (χ0v) is 26.4. The van der Waals surface area contributed by atoms with E-state index in [0.717, 1.165) is 17.2 Å². The first-order valence-corrected chi connectivity index (χ1v) is 12.3. The van der Waals surface area contributed by atoms with Gasteiger partial charge in [-0.3, -0.25) is 23.1 Å². The molecule has 0 spiro atoms. The number of nitrogens with zero attached hydrogens (tertiary/aromatic N) is 3. The van der Waals surface area contributed by atoms with Crippen molar-refractivity contribution in [1.29, 1.82) is 0 Å². The van der Waals surface area contributed by atoms with Crippen LogP contribution in [-0.2, 0) is 31.6 Å². The van der Waals surface area contributed by atoms with Crippen molar-refractivity contribution in [3.05, 3.63) is 23.0 Å². The number of rotatable bonds is 8. The molecule has 3 heterocycles. The molecular weight excluding hydrogens is 562 g/mol. The number of phosphoric ester groups is 1. The second kappa shape index (κ2) is 13.6. The smallest absolute Gasteiger partial charge is 0.756 e. The quantitative estimate of drug-likeness (QED) is 0.168. The Bertz CT molecular complexity index is 1170. The number of hydrogen-bond donors (Lipinski definition) is 4. The molecule has 1 aliphatic rings. The fourth-order valence-electron chi connectivity index (χ4n) is 2.60. The molecule has 0 saturated carbocycles. The molecule has 3 rings (SSSR count). The maximum atomic E-state index is 11.7. The van der Waals surface area contributed by atoms with Gasteiger partial charge in [0.15, 0.2) is 17.4 Å². The zero-order chi connectivity index (χ0) is 23.2. The average molecular weight is 574 g/mol. The molecule has 18 nitrogen and oxygen atoms in total. The maximum absolute atomic E-state index is 11.7. The van der Waals surface area contributed by atoms with Gasteiger partial charge >= 0.3 is 88.7 Å². The van der Waals surface area contributed by atoms with E-state index in [9.17, 15) is 43.4 Å². The summed E-state index contributed by atoms with van der Waals surface area (Å²) < 4.78 is 50.3. The van der Waals surface area contributed by atoms with E-state index in [1.54, 1.807) is 0 Å². The molecule has 7 atom stereocenters. The van der Waals surface area contributed by atoms with Gasteiger partial charge in [0.05, 0.1) is 19.3 Å². The number of ether oxygens (including phenoxy) is 1. The van der Waals surface area contributed by atoms with Gasteiger partial charge in [0.2, 0.25) is 0 Å². The van der Waals surface area contributed by atoms with Crippen molar-refractivity contribution < 1.29 is 150 Å².